The molecule has 1 amide bonds. The van der Waals surface area contributed by atoms with Crippen LogP contribution < -0.4 is 5.32 Å². The molecule has 2 aliphatic rings. The molecule has 0 radical (unpaired) electrons. The molecular weight excluding hydrogens is 200 g/mol. The maximum atomic E-state index is 12.2. The summed E-state index contributed by atoms with van der Waals surface area (Å²) in [4.78, 5) is 14.2. The van der Waals surface area contributed by atoms with Gasteiger partial charge < -0.3 is 10.2 Å². The van der Waals surface area contributed by atoms with E-state index in [-0.39, 0.29) is 6.04 Å². The maximum absolute atomic E-state index is 12.2. The van der Waals surface area contributed by atoms with Crippen molar-refractivity contribution < 1.29 is 4.79 Å². The van der Waals surface area contributed by atoms with Crippen LogP contribution in [0.25, 0.3) is 0 Å². The summed E-state index contributed by atoms with van der Waals surface area (Å²) < 4.78 is 0. The largest absolute Gasteiger partial charge is 0.341 e. The molecule has 0 saturated carbocycles. The van der Waals surface area contributed by atoms with Gasteiger partial charge in [-0.3, -0.25) is 4.79 Å². The first-order chi connectivity index (χ1) is 7.64. The molecule has 2 saturated heterocycles. The quantitative estimate of drug-likeness (QED) is 0.775. The third-order valence-electron chi connectivity index (χ3n) is 4.49. The average molecular weight is 224 g/mol. The first kappa shape index (κ1) is 11.9. The van der Waals surface area contributed by atoms with Crippen molar-refractivity contribution in [3.05, 3.63) is 0 Å². The molecule has 3 nitrogen and oxygen atoms in total. The molecule has 2 fully saturated rings. The van der Waals surface area contributed by atoms with Crippen molar-refractivity contribution in [2.75, 3.05) is 19.6 Å². The monoisotopic (exact) mass is 224 g/mol. The van der Waals surface area contributed by atoms with Crippen molar-refractivity contribution in [2.24, 2.45) is 5.41 Å². The zero-order valence-electron chi connectivity index (χ0n) is 10.6. The average Bonchev–Trinajstić information content (AvgIpc) is 2.83. The van der Waals surface area contributed by atoms with Crippen LogP contribution in [-0.2, 0) is 4.79 Å². The number of amides is 1. The molecule has 1 atom stereocenters. The third-order valence-corrected chi connectivity index (χ3v) is 4.49. The van der Waals surface area contributed by atoms with E-state index in [9.17, 15) is 4.79 Å². The lowest BCUT2D eigenvalue weighted by atomic mass is 9.78. The highest BCUT2D eigenvalue weighted by Crippen LogP contribution is 2.34. The van der Waals surface area contributed by atoms with Gasteiger partial charge >= 0.3 is 0 Å². The molecule has 0 aromatic carbocycles. The van der Waals surface area contributed by atoms with Crippen molar-refractivity contribution in [2.45, 2.75) is 52.0 Å². The van der Waals surface area contributed by atoms with Gasteiger partial charge in [0.15, 0.2) is 0 Å². The van der Waals surface area contributed by atoms with E-state index < -0.39 is 0 Å². The Balaban J connectivity index is 1.86. The van der Waals surface area contributed by atoms with Crippen LogP contribution in [0, 0.1) is 5.41 Å². The van der Waals surface area contributed by atoms with Crippen LogP contribution in [0.15, 0.2) is 0 Å². The van der Waals surface area contributed by atoms with Crippen molar-refractivity contribution in [1.82, 2.24) is 10.2 Å². The van der Waals surface area contributed by atoms with Gasteiger partial charge in [-0.1, -0.05) is 20.3 Å². The maximum Gasteiger partial charge on any atom is 0.239 e. The Bertz CT molecular complexity index is 251. The number of carbonyl (C=O) groups excluding carboxylic acids is 1. The van der Waals surface area contributed by atoms with E-state index in [1.807, 2.05) is 0 Å². The van der Waals surface area contributed by atoms with Crippen LogP contribution in [0.3, 0.4) is 0 Å². The van der Waals surface area contributed by atoms with Crippen molar-refractivity contribution in [3.63, 3.8) is 0 Å². The van der Waals surface area contributed by atoms with Gasteiger partial charge in [0.25, 0.3) is 0 Å². The number of likely N-dealkylation sites (tertiary alicyclic amines) is 1. The summed E-state index contributed by atoms with van der Waals surface area (Å²) in [5, 5.41) is 3.30. The topological polar surface area (TPSA) is 32.3 Å². The van der Waals surface area contributed by atoms with Crippen LogP contribution >= 0.6 is 0 Å². The second-order valence-corrected chi connectivity index (χ2v) is 5.64. The normalized spacial score (nSPS) is 29.4. The SMILES string of the molecule is CCC1(C)CCN(C(=O)[C@H]2CCCN2)CC1. The van der Waals surface area contributed by atoms with Crippen LogP contribution in [0.5, 0.6) is 0 Å². The molecule has 0 bridgehead atoms. The van der Waals surface area contributed by atoms with Crippen LogP contribution in [0.1, 0.15) is 46.0 Å². The second-order valence-electron chi connectivity index (χ2n) is 5.64. The Kier molecular flexibility index (Phi) is 3.53. The molecule has 0 aromatic heterocycles. The molecule has 2 aliphatic heterocycles. The number of hydrogen-bond donors (Lipinski definition) is 1. The smallest absolute Gasteiger partial charge is 0.239 e. The number of rotatable bonds is 2. The fourth-order valence-electron chi connectivity index (χ4n) is 2.74. The van der Waals surface area contributed by atoms with Gasteiger partial charge in [0.05, 0.1) is 6.04 Å². The molecule has 0 spiro atoms. The van der Waals surface area contributed by atoms with Gasteiger partial charge in [-0.15, -0.1) is 0 Å². The van der Waals surface area contributed by atoms with E-state index in [1.54, 1.807) is 0 Å². The number of hydrogen-bond acceptors (Lipinski definition) is 2. The molecule has 16 heavy (non-hydrogen) atoms. The highest BCUT2D eigenvalue weighted by atomic mass is 16.2. The summed E-state index contributed by atoms with van der Waals surface area (Å²) in [7, 11) is 0. The van der Waals surface area contributed by atoms with E-state index >= 15 is 0 Å². The first-order valence-electron chi connectivity index (χ1n) is 6.67. The Labute approximate surface area is 98.6 Å². The molecule has 0 unspecified atom stereocenters. The highest BCUT2D eigenvalue weighted by molar-refractivity contribution is 5.82. The van der Waals surface area contributed by atoms with Gasteiger partial charge in [-0.05, 0) is 37.6 Å². The summed E-state index contributed by atoms with van der Waals surface area (Å²) in [6.45, 7) is 7.54. The van der Waals surface area contributed by atoms with E-state index in [0.29, 0.717) is 11.3 Å². The molecule has 0 aliphatic carbocycles. The predicted molar refractivity (Wildman–Crippen MR) is 65.2 cm³/mol. The van der Waals surface area contributed by atoms with Crippen LogP contribution in [-0.4, -0.2) is 36.5 Å². The summed E-state index contributed by atoms with van der Waals surface area (Å²) in [6.07, 6.45) is 5.75. The van der Waals surface area contributed by atoms with Crippen molar-refractivity contribution in [1.29, 1.82) is 0 Å². The molecule has 2 heterocycles. The lowest BCUT2D eigenvalue weighted by Crippen LogP contribution is -2.48. The van der Waals surface area contributed by atoms with E-state index in [1.165, 1.54) is 19.3 Å². The van der Waals surface area contributed by atoms with Crippen molar-refractivity contribution in [3.8, 4) is 0 Å². The molecule has 3 heteroatoms. The molecular formula is C13H24N2O. The van der Waals surface area contributed by atoms with Crippen molar-refractivity contribution >= 4 is 5.91 Å². The van der Waals surface area contributed by atoms with Gasteiger partial charge in [0.2, 0.25) is 5.91 Å². The molecule has 2 rings (SSSR count). The summed E-state index contributed by atoms with van der Waals surface area (Å²) >= 11 is 0. The second kappa shape index (κ2) is 4.74. The van der Waals surface area contributed by atoms with Crippen LogP contribution in [0.4, 0.5) is 0 Å². The fourth-order valence-corrected chi connectivity index (χ4v) is 2.74. The fraction of sp³-hybridized carbons (Fsp3) is 0.923. The van der Waals surface area contributed by atoms with Crippen LogP contribution in [0.2, 0.25) is 0 Å². The standard InChI is InChI=1S/C13H24N2O/c1-3-13(2)6-9-15(10-7-13)12(16)11-5-4-8-14-11/h11,14H,3-10H2,1-2H3/t11-/m1/s1. The van der Waals surface area contributed by atoms with Gasteiger partial charge in [0, 0.05) is 13.1 Å². The third kappa shape index (κ3) is 2.40. The Morgan fingerprint density at radius 1 is 1.44 bits per heavy atom. The minimum Gasteiger partial charge on any atom is -0.341 e. The summed E-state index contributed by atoms with van der Waals surface area (Å²) in [6, 6.07) is 0.117. The predicted octanol–water partition coefficient (Wildman–Crippen LogP) is 1.78. The number of piperidine rings is 1. The van der Waals surface area contributed by atoms with Gasteiger partial charge in [-0.2, -0.15) is 0 Å². The summed E-state index contributed by atoms with van der Waals surface area (Å²) in [5.74, 6) is 0.343. The highest BCUT2D eigenvalue weighted by Gasteiger charge is 2.33. The zero-order chi connectivity index (χ0) is 11.6. The molecule has 92 valence electrons. The number of nitrogens with one attached hydrogen (secondary N) is 1. The van der Waals surface area contributed by atoms with E-state index in [4.69, 9.17) is 0 Å². The molecule has 1 N–H and O–H groups in total. The van der Waals surface area contributed by atoms with E-state index in [0.717, 1.165) is 32.5 Å². The Hall–Kier alpha value is -0.570. The lowest BCUT2D eigenvalue weighted by Gasteiger charge is -2.39. The number of nitrogens with zero attached hydrogens (tertiary/aromatic N) is 1. The molecule has 0 aromatic rings. The van der Waals surface area contributed by atoms with Gasteiger partial charge in [0.1, 0.15) is 0 Å². The minimum atomic E-state index is 0.117. The van der Waals surface area contributed by atoms with Gasteiger partial charge in [-0.25, -0.2) is 0 Å². The first-order valence-corrected chi connectivity index (χ1v) is 6.67. The minimum absolute atomic E-state index is 0.117. The Morgan fingerprint density at radius 3 is 2.62 bits per heavy atom. The zero-order valence-corrected chi connectivity index (χ0v) is 10.6. The number of carbonyl (C=O) groups is 1. The lowest BCUT2D eigenvalue weighted by molar-refractivity contribution is -0.135. The summed E-state index contributed by atoms with van der Waals surface area (Å²) in [5.41, 5.74) is 0.472. The van der Waals surface area contributed by atoms with E-state index in [2.05, 4.69) is 24.1 Å². The Morgan fingerprint density at radius 2 is 2.12 bits per heavy atom.